The quantitative estimate of drug-likeness (QED) is 0.871. The number of hydrogen-bond donors (Lipinski definition) is 0. The van der Waals surface area contributed by atoms with E-state index in [9.17, 15) is 4.79 Å². The minimum atomic E-state index is 0.0519. The first-order valence-electron chi connectivity index (χ1n) is 6.64. The minimum absolute atomic E-state index is 0.0519. The van der Waals surface area contributed by atoms with Crippen molar-refractivity contribution in [3.8, 4) is 5.88 Å². The fraction of sp³-hybridized carbons (Fsp3) is 0.333. The van der Waals surface area contributed by atoms with E-state index in [1.54, 1.807) is 36.8 Å². The molecule has 20 heavy (non-hydrogen) atoms. The van der Waals surface area contributed by atoms with Gasteiger partial charge < -0.3 is 9.64 Å². The Morgan fingerprint density at radius 2 is 2.35 bits per heavy atom. The maximum absolute atomic E-state index is 12.6. The van der Waals surface area contributed by atoms with E-state index >= 15 is 0 Å². The van der Waals surface area contributed by atoms with Crippen molar-refractivity contribution < 1.29 is 9.53 Å². The van der Waals surface area contributed by atoms with Gasteiger partial charge in [0.2, 0.25) is 5.88 Å². The molecular formula is C15H16N2O2S. The van der Waals surface area contributed by atoms with Gasteiger partial charge in [-0.15, -0.1) is 11.3 Å². The molecule has 0 aliphatic carbocycles. The highest BCUT2D eigenvalue weighted by Crippen LogP contribution is 2.35. The zero-order valence-corrected chi connectivity index (χ0v) is 12.1. The molecule has 2 aromatic heterocycles. The summed E-state index contributed by atoms with van der Waals surface area (Å²) in [5.74, 6) is 0.578. The average molecular weight is 288 g/mol. The summed E-state index contributed by atoms with van der Waals surface area (Å²) in [7, 11) is 1.57. The van der Waals surface area contributed by atoms with E-state index in [0.717, 1.165) is 19.4 Å². The summed E-state index contributed by atoms with van der Waals surface area (Å²) in [6.07, 6.45) is 3.68. The second-order valence-electron chi connectivity index (χ2n) is 4.76. The molecular weight excluding hydrogens is 272 g/mol. The molecule has 0 saturated carbocycles. The van der Waals surface area contributed by atoms with E-state index in [1.807, 2.05) is 11.0 Å². The number of likely N-dealkylation sites (tertiary alicyclic amines) is 1. The second-order valence-corrected chi connectivity index (χ2v) is 5.74. The molecule has 1 amide bonds. The standard InChI is InChI=1S/C15H16N2O2S/c1-19-14-7-6-11(10-16-14)15(18)17-8-2-4-12(17)13-5-3-9-20-13/h3,5-7,9-10,12H,2,4,8H2,1H3. The number of pyridine rings is 1. The third-order valence-electron chi connectivity index (χ3n) is 3.58. The number of hydrogen-bond acceptors (Lipinski definition) is 4. The normalized spacial score (nSPS) is 18.2. The molecule has 1 saturated heterocycles. The molecule has 3 rings (SSSR count). The molecule has 1 atom stereocenters. The molecule has 4 nitrogen and oxygen atoms in total. The summed E-state index contributed by atoms with van der Waals surface area (Å²) in [4.78, 5) is 19.9. The van der Waals surface area contributed by atoms with Gasteiger partial charge >= 0.3 is 0 Å². The van der Waals surface area contributed by atoms with Crippen LogP contribution in [-0.4, -0.2) is 29.4 Å². The second kappa shape index (κ2) is 5.63. The van der Waals surface area contributed by atoms with Crippen molar-refractivity contribution in [2.24, 2.45) is 0 Å². The number of aromatic nitrogens is 1. The minimum Gasteiger partial charge on any atom is -0.481 e. The molecule has 1 aliphatic rings. The molecule has 1 fully saturated rings. The van der Waals surface area contributed by atoms with Gasteiger partial charge in [0, 0.05) is 23.7 Å². The molecule has 0 aromatic carbocycles. The summed E-state index contributed by atoms with van der Waals surface area (Å²) in [5, 5.41) is 2.06. The van der Waals surface area contributed by atoms with Gasteiger partial charge in [-0.2, -0.15) is 0 Å². The van der Waals surface area contributed by atoms with Gasteiger partial charge in [-0.3, -0.25) is 4.79 Å². The lowest BCUT2D eigenvalue weighted by Crippen LogP contribution is -2.30. The Morgan fingerprint density at radius 1 is 1.45 bits per heavy atom. The lowest BCUT2D eigenvalue weighted by atomic mass is 10.1. The summed E-state index contributed by atoms with van der Waals surface area (Å²) in [6, 6.07) is 7.86. The third kappa shape index (κ3) is 2.41. The van der Waals surface area contributed by atoms with Crippen LogP contribution in [0.4, 0.5) is 0 Å². The number of rotatable bonds is 3. The van der Waals surface area contributed by atoms with Crippen LogP contribution >= 0.6 is 11.3 Å². The van der Waals surface area contributed by atoms with Crippen LogP contribution in [0, 0.1) is 0 Å². The lowest BCUT2D eigenvalue weighted by molar-refractivity contribution is 0.0737. The molecule has 5 heteroatoms. The van der Waals surface area contributed by atoms with Gasteiger partial charge in [-0.1, -0.05) is 6.07 Å². The Bertz CT molecular complexity index is 580. The van der Waals surface area contributed by atoms with Crippen molar-refractivity contribution in [2.75, 3.05) is 13.7 Å². The molecule has 0 spiro atoms. The highest BCUT2D eigenvalue weighted by molar-refractivity contribution is 7.10. The van der Waals surface area contributed by atoms with Crippen molar-refractivity contribution in [3.05, 3.63) is 46.3 Å². The Morgan fingerprint density at radius 3 is 3.00 bits per heavy atom. The Kier molecular flexibility index (Phi) is 3.69. The third-order valence-corrected chi connectivity index (χ3v) is 4.55. The number of methoxy groups -OCH3 is 1. The van der Waals surface area contributed by atoms with Gasteiger partial charge in [0.25, 0.3) is 5.91 Å². The zero-order valence-electron chi connectivity index (χ0n) is 11.3. The lowest BCUT2D eigenvalue weighted by Gasteiger charge is -2.23. The van der Waals surface area contributed by atoms with Crippen LogP contribution in [0.25, 0.3) is 0 Å². The Hall–Kier alpha value is -1.88. The van der Waals surface area contributed by atoms with Gasteiger partial charge in [0.05, 0.1) is 18.7 Å². The number of amides is 1. The van der Waals surface area contributed by atoms with Crippen LogP contribution in [0.3, 0.4) is 0 Å². The number of thiophene rings is 1. The number of carbonyl (C=O) groups is 1. The molecule has 2 aromatic rings. The van der Waals surface area contributed by atoms with Crippen molar-refractivity contribution in [1.82, 2.24) is 9.88 Å². The maximum Gasteiger partial charge on any atom is 0.255 e. The fourth-order valence-corrected chi connectivity index (χ4v) is 3.45. The number of carbonyl (C=O) groups excluding carboxylic acids is 1. The van der Waals surface area contributed by atoms with E-state index < -0.39 is 0 Å². The van der Waals surface area contributed by atoms with Gasteiger partial charge in [0.1, 0.15) is 0 Å². The van der Waals surface area contributed by atoms with Gasteiger partial charge in [-0.25, -0.2) is 4.98 Å². The summed E-state index contributed by atoms with van der Waals surface area (Å²) in [6.45, 7) is 0.813. The predicted molar refractivity (Wildman–Crippen MR) is 78.1 cm³/mol. The largest absolute Gasteiger partial charge is 0.481 e. The molecule has 1 aliphatic heterocycles. The zero-order chi connectivity index (χ0) is 13.9. The smallest absolute Gasteiger partial charge is 0.255 e. The van der Waals surface area contributed by atoms with Crippen molar-refractivity contribution in [1.29, 1.82) is 0 Å². The Labute approximate surface area is 122 Å². The summed E-state index contributed by atoms with van der Waals surface area (Å²) < 4.78 is 5.02. The number of ether oxygens (including phenoxy) is 1. The first-order chi connectivity index (χ1) is 9.79. The number of nitrogens with zero attached hydrogens (tertiary/aromatic N) is 2. The molecule has 1 unspecified atom stereocenters. The van der Waals surface area contributed by atoms with Crippen molar-refractivity contribution in [3.63, 3.8) is 0 Å². The highest BCUT2D eigenvalue weighted by atomic mass is 32.1. The summed E-state index contributed by atoms with van der Waals surface area (Å²) >= 11 is 1.71. The molecule has 3 heterocycles. The maximum atomic E-state index is 12.6. The Balaban J connectivity index is 1.81. The predicted octanol–water partition coefficient (Wildman–Crippen LogP) is 3.13. The van der Waals surface area contributed by atoms with E-state index in [-0.39, 0.29) is 11.9 Å². The van der Waals surface area contributed by atoms with Gasteiger partial charge in [-0.05, 0) is 30.4 Å². The monoisotopic (exact) mass is 288 g/mol. The topological polar surface area (TPSA) is 42.4 Å². The SMILES string of the molecule is COc1ccc(C(=O)N2CCCC2c2cccs2)cn1. The van der Waals surface area contributed by atoms with Crippen LogP contribution in [0.1, 0.15) is 34.1 Å². The van der Waals surface area contributed by atoms with E-state index in [0.29, 0.717) is 11.4 Å². The van der Waals surface area contributed by atoms with E-state index in [2.05, 4.69) is 16.4 Å². The molecule has 104 valence electrons. The van der Waals surface area contributed by atoms with Gasteiger partial charge in [0.15, 0.2) is 0 Å². The van der Waals surface area contributed by atoms with Crippen LogP contribution < -0.4 is 4.74 Å². The van der Waals surface area contributed by atoms with Crippen molar-refractivity contribution in [2.45, 2.75) is 18.9 Å². The molecule has 0 N–H and O–H groups in total. The highest BCUT2D eigenvalue weighted by Gasteiger charge is 2.31. The van der Waals surface area contributed by atoms with Crippen LogP contribution in [0.2, 0.25) is 0 Å². The van der Waals surface area contributed by atoms with E-state index in [4.69, 9.17) is 4.74 Å². The van der Waals surface area contributed by atoms with Crippen LogP contribution in [0.5, 0.6) is 5.88 Å². The molecule has 0 radical (unpaired) electrons. The first kappa shape index (κ1) is 13.1. The van der Waals surface area contributed by atoms with Crippen molar-refractivity contribution >= 4 is 17.2 Å². The van der Waals surface area contributed by atoms with Crippen LogP contribution in [0.15, 0.2) is 35.8 Å². The molecule has 0 bridgehead atoms. The fourth-order valence-electron chi connectivity index (χ4n) is 2.58. The average Bonchev–Trinajstić information content (AvgIpc) is 3.16. The van der Waals surface area contributed by atoms with E-state index in [1.165, 1.54) is 4.88 Å². The summed E-state index contributed by atoms with van der Waals surface area (Å²) in [5.41, 5.74) is 0.620. The first-order valence-corrected chi connectivity index (χ1v) is 7.52. The van der Waals surface area contributed by atoms with Crippen LogP contribution in [-0.2, 0) is 0 Å².